The molecule has 7 heteroatoms. The van der Waals surface area contributed by atoms with Crippen LogP contribution in [0.2, 0.25) is 0 Å². The molecule has 0 spiro atoms. The van der Waals surface area contributed by atoms with Crippen LogP contribution in [0, 0.1) is 18.6 Å². The Labute approximate surface area is 161 Å². The minimum Gasteiger partial charge on any atom is -0.488 e. The maximum Gasteiger partial charge on any atom is 0.167 e. The van der Waals surface area contributed by atoms with Gasteiger partial charge in [0.05, 0.1) is 11.9 Å². The first kappa shape index (κ1) is 19.8. The number of ketones is 1. The summed E-state index contributed by atoms with van der Waals surface area (Å²) in [6.45, 7) is 3.36. The number of aryl methyl sites for hydroxylation is 2. The number of benzene rings is 1. The predicted molar refractivity (Wildman–Crippen MR) is 102 cm³/mol. The summed E-state index contributed by atoms with van der Waals surface area (Å²) in [5.74, 6) is -0.358. The summed E-state index contributed by atoms with van der Waals surface area (Å²) in [5.41, 5.74) is 1.99. The third-order valence-electron chi connectivity index (χ3n) is 4.40. The molecule has 0 bridgehead atoms. The van der Waals surface area contributed by atoms with Crippen molar-refractivity contribution in [3.8, 4) is 11.5 Å². The Morgan fingerprint density at radius 3 is 2.68 bits per heavy atom. The maximum atomic E-state index is 14.2. The second-order valence-corrected chi connectivity index (χ2v) is 6.63. The number of aromatic amines is 1. The molecule has 0 fully saturated rings. The van der Waals surface area contributed by atoms with Crippen LogP contribution < -0.4 is 9.47 Å². The average molecular weight is 388 g/mol. The molecule has 0 aliphatic rings. The van der Waals surface area contributed by atoms with E-state index in [0.29, 0.717) is 23.4 Å². The number of nitrogens with zero attached hydrogens (tertiary/aromatic N) is 1. The first-order chi connectivity index (χ1) is 13.4. The second-order valence-electron chi connectivity index (χ2n) is 6.63. The smallest absolute Gasteiger partial charge is 0.167 e. The van der Waals surface area contributed by atoms with Gasteiger partial charge in [-0.1, -0.05) is 0 Å². The molecular weight excluding hydrogens is 366 g/mol. The second kappa shape index (κ2) is 8.82. The molecule has 0 saturated carbocycles. The molecule has 0 atom stereocenters. The van der Waals surface area contributed by atoms with Gasteiger partial charge in [0.15, 0.2) is 11.6 Å². The van der Waals surface area contributed by atoms with Crippen molar-refractivity contribution in [3.05, 3.63) is 53.5 Å². The number of rotatable bonds is 9. The van der Waals surface area contributed by atoms with Gasteiger partial charge in [0, 0.05) is 35.7 Å². The largest absolute Gasteiger partial charge is 0.488 e. The van der Waals surface area contributed by atoms with Crippen molar-refractivity contribution in [3.63, 3.8) is 0 Å². The quantitative estimate of drug-likeness (QED) is 0.548. The lowest BCUT2D eigenvalue weighted by Crippen LogP contribution is -2.10. The molecule has 0 aliphatic carbocycles. The van der Waals surface area contributed by atoms with Crippen LogP contribution in [0.25, 0.3) is 10.9 Å². The summed E-state index contributed by atoms with van der Waals surface area (Å²) >= 11 is 0. The molecule has 0 saturated heterocycles. The van der Waals surface area contributed by atoms with E-state index in [-0.39, 0.29) is 24.7 Å². The first-order valence-corrected chi connectivity index (χ1v) is 9.10. The molecule has 0 aliphatic heterocycles. The highest BCUT2D eigenvalue weighted by atomic mass is 19.1. The molecule has 0 unspecified atom stereocenters. The van der Waals surface area contributed by atoms with Crippen LogP contribution in [0.3, 0.4) is 0 Å². The number of pyridine rings is 1. The van der Waals surface area contributed by atoms with Gasteiger partial charge in [0.2, 0.25) is 0 Å². The van der Waals surface area contributed by atoms with E-state index in [4.69, 9.17) is 9.47 Å². The minimum atomic E-state index is -0.479. The van der Waals surface area contributed by atoms with Crippen molar-refractivity contribution in [2.24, 2.45) is 0 Å². The molecule has 3 rings (SSSR count). The molecule has 28 heavy (non-hydrogen) atoms. The highest BCUT2D eigenvalue weighted by molar-refractivity contribution is 5.85. The highest BCUT2D eigenvalue weighted by Gasteiger charge is 2.11. The number of carbonyl (C=O) groups is 1. The summed E-state index contributed by atoms with van der Waals surface area (Å²) in [7, 11) is 0. The Hall–Kier alpha value is -2.96. The third-order valence-corrected chi connectivity index (χ3v) is 4.40. The van der Waals surface area contributed by atoms with E-state index in [1.54, 1.807) is 19.9 Å². The number of H-pyrrole nitrogens is 1. The van der Waals surface area contributed by atoms with E-state index < -0.39 is 11.6 Å². The molecular formula is C21H22F2N2O3. The van der Waals surface area contributed by atoms with Gasteiger partial charge in [0.1, 0.15) is 30.6 Å². The molecule has 1 aromatic carbocycles. The number of Topliss-reactive ketones (excluding diaryl/α,β-unsaturated/α-hetero) is 1. The van der Waals surface area contributed by atoms with Crippen molar-refractivity contribution in [1.82, 2.24) is 9.97 Å². The van der Waals surface area contributed by atoms with E-state index in [1.165, 1.54) is 18.3 Å². The zero-order valence-electron chi connectivity index (χ0n) is 15.9. The van der Waals surface area contributed by atoms with Crippen molar-refractivity contribution in [1.29, 1.82) is 0 Å². The summed E-state index contributed by atoms with van der Waals surface area (Å²) in [4.78, 5) is 18.0. The van der Waals surface area contributed by atoms with Crippen molar-refractivity contribution >= 4 is 16.7 Å². The molecule has 0 amide bonds. The lowest BCUT2D eigenvalue weighted by molar-refractivity contribution is -0.117. The average Bonchev–Trinajstić information content (AvgIpc) is 3.03. The van der Waals surface area contributed by atoms with Crippen molar-refractivity contribution < 1.29 is 23.0 Å². The summed E-state index contributed by atoms with van der Waals surface area (Å²) in [6, 6.07) is 4.29. The van der Waals surface area contributed by atoms with E-state index >= 15 is 0 Å². The standard InChI is InChI=1S/C21H22F2N2O3/c1-13(26)4-3-5-15-11-25-20-10-19(23)21(9-17(15)20)28-7-6-27-16-8-18(22)14(2)24-12-16/h8-12,25H,3-7H2,1-2H3. The first-order valence-electron chi connectivity index (χ1n) is 9.10. The SMILES string of the molecule is CC(=O)CCCc1c[nH]c2cc(F)c(OCCOc3cnc(C)c(F)c3)cc12. The van der Waals surface area contributed by atoms with Gasteiger partial charge in [-0.3, -0.25) is 4.98 Å². The van der Waals surface area contributed by atoms with Crippen molar-refractivity contribution in [2.75, 3.05) is 13.2 Å². The van der Waals surface area contributed by atoms with Gasteiger partial charge >= 0.3 is 0 Å². The number of fused-ring (bicyclic) bond motifs is 1. The molecule has 3 aromatic rings. The lowest BCUT2D eigenvalue weighted by atomic mass is 10.1. The third kappa shape index (κ3) is 4.85. The van der Waals surface area contributed by atoms with Gasteiger partial charge < -0.3 is 19.3 Å². The number of nitrogens with one attached hydrogen (secondary N) is 1. The highest BCUT2D eigenvalue weighted by Crippen LogP contribution is 2.28. The number of ether oxygens (including phenoxy) is 2. The maximum absolute atomic E-state index is 14.2. The predicted octanol–water partition coefficient (Wildman–Crippen LogP) is 4.52. The van der Waals surface area contributed by atoms with E-state index in [9.17, 15) is 13.6 Å². The van der Waals surface area contributed by atoms with Crippen molar-refractivity contribution in [2.45, 2.75) is 33.1 Å². The van der Waals surface area contributed by atoms with Crippen LogP contribution in [0.1, 0.15) is 31.0 Å². The number of hydrogen-bond donors (Lipinski definition) is 1. The fraction of sp³-hybridized carbons (Fsp3) is 0.333. The van der Waals surface area contributed by atoms with Gasteiger partial charge in [-0.25, -0.2) is 8.78 Å². The molecule has 148 valence electrons. The Kier molecular flexibility index (Phi) is 6.23. The molecule has 5 nitrogen and oxygen atoms in total. The number of aromatic nitrogens is 2. The van der Waals surface area contributed by atoms with Crippen LogP contribution in [-0.2, 0) is 11.2 Å². The summed E-state index contributed by atoms with van der Waals surface area (Å²) in [5, 5.41) is 0.866. The van der Waals surface area contributed by atoms with Crippen LogP contribution in [0.5, 0.6) is 11.5 Å². The Morgan fingerprint density at radius 1 is 1.14 bits per heavy atom. The van der Waals surface area contributed by atoms with Crippen LogP contribution in [0.4, 0.5) is 8.78 Å². The van der Waals surface area contributed by atoms with Crippen LogP contribution in [-0.4, -0.2) is 29.0 Å². The fourth-order valence-corrected chi connectivity index (χ4v) is 2.91. The van der Waals surface area contributed by atoms with Crippen LogP contribution >= 0.6 is 0 Å². The summed E-state index contributed by atoms with van der Waals surface area (Å²) in [6.07, 6.45) is 5.24. The summed E-state index contributed by atoms with van der Waals surface area (Å²) < 4.78 is 38.6. The Bertz CT molecular complexity index is 985. The lowest BCUT2D eigenvalue weighted by Gasteiger charge is -2.10. The number of halogens is 2. The molecule has 1 N–H and O–H groups in total. The monoisotopic (exact) mass is 388 g/mol. The van der Waals surface area contributed by atoms with Gasteiger partial charge in [-0.05, 0) is 38.3 Å². The number of carbonyl (C=O) groups excluding carboxylic acids is 1. The van der Waals surface area contributed by atoms with E-state index in [1.807, 2.05) is 6.20 Å². The van der Waals surface area contributed by atoms with Gasteiger partial charge in [0.25, 0.3) is 0 Å². The van der Waals surface area contributed by atoms with Gasteiger partial charge in [-0.2, -0.15) is 0 Å². The van der Waals surface area contributed by atoms with E-state index in [2.05, 4.69) is 9.97 Å². The van der Waals surface area contributed by atoms with Crippen LogP contribution in [0.15, 0.2) is 30.6 Å². The zero-order valence-corrected chi connectivity index (χ0v) is 15.9. The zero-order chi connectivity index (χ0) is 20.1. The number of hydrogen-bond acceptors (Lipinski definition) is 4. The van der Waals surface area contributed by atoms with E-state index in [0.717, 1.165) is 23.8 Å². The molecule has 2 heterocycles. The molecule has 2 aromatic heterocycles. The van der Waals surface area contributed by atoms with Gasteiger partial charge in [-0.15, -0.1) is 0 Å². The minimum absolute atomic E-state index is 0.0992. The topological polar surface area (TPSA) is 64.2 Å². The Balaban J connectivity index is 1.61. The molecule has 0 radical (unpaired) electrons. The normalized spacial score (nSPS) is 11.0. The fourth-order valence-electron chi connectivity index (χ4n) is 2.91. The Morgan fingerprint density at radius 2 is 1.93 bits per heavy atom.